The maximum atomic E-state index is 12.2. The van der Waals surface area contributed by atoms with E-state index >= 15 is 0 Å². The SMILES string of the molecule is C[C@@H]1C[C@@H](CNC(=O)c2cccc(O)c2)CN1Cc1ccccc1. The van der Waals surface area contributed by atoms with Gasteiger partial charge in [-0.2, -0.15) is 0 Å². The highest BCUT2D eigenvalue weighted by molar-refractivity contribution is 5.94. The third kappa shape index (κ3) is 4.15. The molecule has 1 amide bonds. The molecular weight excluding hydrogens is 300 g/mol. The first-order valence-corrected chi connectivity index (χ1v) is 8.47. The average molecular weight is 324 g/mol. The Kier molecular flexibility index (Phi) is 5.16. The number of amides is 1. The van der Waals surface area contributed by atoms with Crippen molar-refractivity contribution < 1.29 is 9.90 Å². The Hall–Kier alpha value is -2.33. The summed E-state index contributed by atoms with van der Waals surface area (Å²) in [6, 6.07) is 17.5. The van der Waals surface area contributed by atoms with E-state index in [0.29, 0.717) is 24.1 Å². The molecule has 0 aromatic heterocycles. The highest BCUT2D eigenvalue weighted by Crippen LogP contribution is 2.24. The maximum absolute atomic E-state index is 12.2. The minimum absolute atomic E-state index is 0.117. The van der Waals surface area contributed by atoms with Crippen LogP contribution in [0.4, 0.5) is 0 Å². The van der Waals surface area contributed by atoms with Crippen LogP contribution in [0.3, 0.4) is 0 Å². The van der Waals surface area contributed by atoms with Crippen LogP contribution >= 0.6 is 0 Å². The second-order valence-electron chi connectivity index (χ2n) is 6.63. The molecule has 1 heterocycles. The summed E-state index contributed by atoms with van der Waals surface area (Å²) in [7, 11) is 0. The van der Waals surface area contributed by atoms with Crippen LogP contribution in [0.1, 0.15) is 29.3 Å². The summed E-state index contributed by atoms with van der Waals surface area (Å²) in [6.07, 6.45) is 1.09. The Morgan fingerprint density at radius 2 is 2.00 bits per heavy atom. The number of benzene rings is 2. The van der Waals surface area contributed by atoms with Gasteiger partial charge in [0.05, 0.1) is 0 Å². The Bertz CT molecular complexity index is 687. The van der Waals surface area contributed by atoms with Crippen LogP contribution in [-0.2, 0) is 6.54 Å². The minimum Gasteiger partial charge on any atom is -0.508 e. The lowest BCUT2D eigenvalue weighted by Gasteiger charge is -2.21. The summed E-state index contributed by atoms with van der Waals surface area (Å²) in [5, 5.41) is 12.5. The molecule has 4 nitrogen and oxygen atoms in total. The van der Waals surface area contributed by atoms with Gasteiger partial charge in [0.2, 0.25) is 0 Å². The van der Waals surface area contributed by atoms with Gasteiger partial charge in [0.25, 0.3) is 5.91 Å². The van der Waals surface area contributed by atoms with Gasteiger partial charge in [-0.15, -0.1) is 0 Å². The number of likely N-dealkylation sites (tertiary alicyclic amines) is 1. The van der Waals surface area contributed by atoms with Crippen LogP contribution in [0.2, 0.25) is 0 Å². The van der Waals surface area contributed by atoms with Crippen LogP contribution in [0, 0.1) is 5.92 Å². The molecule has 2 aromatic rings. The molecule has 0 bridgehead atoms. The van der Waals surface area contributed by atoms with E-state index in [1.807, 2.05) is 6.07 Å². The number of nitrogens with one attached hydrogen (secondary N) is 1. The van der Waals surface area contributed by atoms with Crippen LogP contribution in [-0.4, -0.2) is 35.0 Å². The molecule has 0 spiro atoms. The smallest absolute Gasteiger partial charge is 0.251 e. The van der Waals surface area contributed by atoms with Crippen molar-refractivity contribution in [3.8, 4) is 5.75 Å². The zero-order valence-corrected chi connectivity index (χ0v) is 14.0. The number of hydrogen-bond donors (Lipinski definition) is 2. The normalized spacial score (nSPS) is 20.9. The van der Waals surface area contributed by atoms with Gasteiger partial charge in [0.15, 0.2) is 0 Å². The lowest BCUT2D eigenvalue weighted by Crippen LogP contribution is -2.31. The van der Waals surface area contributed by atoms with Gasteiger partial charge in [-0.05, 0) is 43.0 Å². The van der Waals surface area contributed by atoms with Crippen molar-refractivity contribution in [2.45, 2.75) is 25.9 Å². The van der Waals surface area contributed by atoms with E-state index in [1.54, 1.807) is 18.2 Å². The summed E-state index contributed by atoms with van der Waals surface area (Å²) in [5.41, 5.74) is 1.83. The molecule has 0 aliphatic carbocycles. The number of carbonyl (C=O) groups excluding carboxylic acids is 1. The molecule has 1 fully saturated rings. The molecule has 3 rings (SSSR count). The summed E-state index contributed by atoms with van der Waals surface area (Å²) in [4.78, 5) is 14.6. The van der Waals surface area contributed by atoms with Gasteiger partial charge in [0, 0.05) is 31.2 Å². The zero-order chi connectivity index (χ0) is 16.9. The molecule has 24 heavy (non-hydrogen) atoms. The highest BCUT2D eigenvalue weighted by Gasteiger charge is 2.29. The van der Waals surface area contributed by atoms with Crippen LogP contribution in [0.15, 0.2) is 54.6 Å². The molecule has 1 aliphatic rings. The van der Waals surface area contributed by atoms with Crippen molar-refractivity contribution in [1.82, 2.24) is 10.2 Å². The molecule has 0 saturated carbocycles. The third-order valence-corrected chi connectivity index (χ3v) is 4.68. The second-order valence-corrected chi connectivity index (χ2v) is 6.63. The number of hydrogen-bond acceptors (Lipinski definition) is 3. The van der Waals surface area contributed by atoms with Crippen LogP contribution in [0.25, 0.3) is 0 Å². The predicted molar refractivity (Wildman–Crippen MR) is 94.9 cm³/mol. The predicted octanol–water partition coefficient (Wildman–Crippen LogP) is 3.03. The Balaban J connectivity index is 1.51. The van der Waals surface area contributed by atoms with E-state index in [4.69, 9.17) is 0 Å². The van der Waals surface area contributed by atoms with Crippen molar-refractivity contribution in [3.63, 3.8) is 0 Å². The van der Waals surface area contributed by atoms with E-state index < -0.39 is 0 Å². The first-order chi connectivity index (χ1) is 11.6. The minimum atomic E-state index is -0.125. The first-order valence-electron chi connectivity index (χ1n) is 8.47. The number of aromatic hydroxyl groups is 1. The fourth-order valence-corrected chi connectivity index (χ4v) is 3.39. The first kappa shape index (κ1) is 16.5. The topological polar surface area (TPSA) is 52.6 Å². The Morgan fingerprint density at radius 1 is 1.21 bits per heavy atom. The second kappa shape index (κ2) is 7.49. The number of carbonyl (C=O) groups is 1. The lowest BCUT2D eigenvalue weighted by molar-refractivity contribution is 0.0947. The molecule has 2 aromatic carbocycles. The van der Waals surface area contributed by atoms with E-state index in [0.717, 1.165) is 19.5 Å². The molecule has 2 N–H and O–H groups in total. The fraction of sp³-hybridized carbons (Fsp3) is 0.350. The summed E-state index contributed by atoms with van der Waals surface area (Å²) >= 11 is 0. The van der Waals surface area contributed by atoms with Crippen molar-refractivity contribution in [2.75, 3.05) is 13.1 Å². The summed E-state index contributed by atoms with van der Waals surface area (Å²) in [5.74, 6) is 0.455. The van der Waals surface area contributed by atoms with Gasteiger partial charge in [-0.3, -0.25) is 9.69 Å². The van der Waals surface area contributed by atoms with Crippen molar-refractivity contribution in [3.05, 3.63) is 65.7 Å². The monoisotopic (exact) mass is 324 g/mol. The summed E-state index contributed by atoms with van der Waals surface area (Å²) < 4.78 is 0. The highest BCUT2D eigenvalue weighted by atomic mass is 16.3. The molecular formula is C20H24N2O2. The number of rotatable bonds is 5. The standard InChI is InChI=1S/C20H24N2O2/c1-15-10-17(14-22(15)13-16-6-3-2-4-7-16)12-21-20(24)18-8-5-9-19(23)11-18/h2-9,11,15,17,23H,10,12-14H2,1H3,(H,21,24)/t15-,17+/m1/s1. The fourth-order valence-electron chi connectivity index (χ4n) is 3.39. The van der Waals surface area contributed by atoms with Gasteiger partial charge in [-0.25, -0.2) is 0 Å². The summed E-state index contributed by atoms with van der Waals surface area (Å²) in [6.45, 7) is 4.87. The third-order valence-electron chi connectivity index (χ3n) is 4.68. The number of phenols is 1. The average Bonchev–Trinajstić information content (AvgIpc) is 2.93. The lowest BCUT2D eigenvalue weighted by atomic mass is 10.1. The van der Waals surface area contributed by atoms with Crippen molar-refractivity contribution in [1.29, 1.82) is 0 Å². The quantitative estimate of drug-likeness (QED) is 0.889. The maximum Gasteiger partial charge on any atom is 0.251 e. The molecule has 1 aliphatic heterocycles. The largest absolute Gasteiger partial charge is 0.508 e. The van der Waals surface area contributed by atoms with Crippen molar-refractivity contribution in [2.24, 2.45) is 5.92 Å². The van der Waals surface area contributed by atoms with Crippen LogP contribution < -0.4 is 5.32 Å². The van der Waals surface area contributed by atoms with E-state index in [-0.39, 0.29) is 11.7 Å². The molecule has 0 unspecified atom stereocenters. The van der Waals surface area contributed by atoms with E-state index in [9.17, 15) is 9.90 Å². The Labute approximate surface area is 143 Å². The molecule has 4 heteroatoms. The van der Waals surface area contributed by atoms with Crippen molar-refractivity contribution >= 4 is 5.91 Å². The number of phenolic OH excluding ortho intramolecular Hbond substituents is 1. The zero-order valence-electron chi connectivity index (χ0n) is 14.0. The van der Waals surface area contributed by atoms with Crippen LogP contribution in [0.5, 0.6) is 5.75 Å². The Morgan fingerprint density at radius 3 is 2.75 bits per heavy atom. The van der Waals surface area contributed by atoms with Gasteiger partial charge < -0.3 is 10.4 Å². The van der Waals surface area contributed by atoms with E-state index in [2.05, 4.69) is 41.4 Å². The van der Waals surface area contributed by atoms with Gasteiger partial charge >= 0.3 is 0 Å². The molecule has 0 radical (unpaired) electrons. The van der Waals surface area contributed by atoms with Gasteiger partial charge in [-0.1, -0.05) is 36.4 Å². The van der Waals surface area contributed by atoms with Gasteiger partial charge in [0.1, 0.15) is 5.75 Å². The molecule has 2 atom stereocenters. The molecule has 126 valence electrons. The van der Waals surface area contributed by atoms with E-state index in [1.165, 1.54) is 11.6 Å². The number of nitrogens with zero attached hydrogens (tertiary/aromatic N) is 1. The molecule has 1 saturated heterocycles.